The molecule has 5 heteroatoms. The molecule has 1 heterocycles. The zero-order valence-electron chi connectivity index (χ0n) is 8.96. The predicted molar refractivity (Wildman–Crippen MR) is 62.4 cm³/mol. The van der Waals surface area contributed by atoms with Crippen molar-refractivity contribution in [2.45, 2.75) is 6.54 Å². The van der Waals surface area contributed by atoms with Gasteiger partial charge in [-0.1, -0.05) is 12.1 Å². The van der Waals surface area contributed by atoms with E-state index in [1.54, 1.807) is 24.3 Å². The summed E-state index contributed by atoms with van der Waals surface area (Å²) >= 11 is 0. The van der Waals surface area contributed by atoms with Crippen LogP contribution in [0.4, 0.5) is 5.69 Å². The Morgan fingerprint density at radius 3 is 2.65 bits per heavy atom. The van der Waals surface area contributed by atoms with Gasteiger partial charge in [0.2, 0.25) is 5.88 Å². The van der Waals surface area contributed by atoms with E-state index in [4.69, 9.17) is 11.0 Å². The molecule has 0 unspecified atom stereocenters. The van der Waals surface area contributed by atoms with Gasteiger partial charge in [-0.3, -0.25) is 4.57 Å². The van der Waals surface area contributed by atoms with Gasteiger partial charge in [-0.15, -0.1) is 0 Å². The summed E-state index contributed by atoms with van der Waals surface area (Å²) in [5, 5.41) is 27.9. The Balaban J connectivity index is 2.35. The molecule has 0 aliphatic rings. The molecule has 2 rings (SSSR count). The number of benzene rings is 1. The smallest absolute Gasteiger partial charge is 0.218 e. The molecule has 0 saturated carbocycles. The number of nitrogen functional groups attached to an aromatic ring is 1. The zero-order chi connectivity index (χ0) is 12.4. The minimum absolute atomic E-state index is 0.109. The van der Waals surface area contributed by atoms with Crippen LogP contribution in [0.1, 0.15) is 11.1 Å². The number of hydrogen-bond acceptors (Lipinski definition) is 4. The first-order valence-electron chi connectivity index (χ1n) is 4.98. The van der Waals surface area contributed by atoms with Crippen molar-refractivity contribution in [3.63, 3.8) is 0 Å². The van der Waals surface area contributed by atoms with Crippen molar-refractivity contribution in [3.8, 4) is 17.8 Å². The van der Waals surface area contributed by atoms with Gasteiger partial charge in [0.1, 0.15) is 0 Å². The number of nitrogens with two attached hydrogens (primary N) is 1. The number of nitriles is 1. The maximum Gasteiger partial charge on any atom is 0.218 e. The highest BCUT2D eigenvalue weighted by atomic mass is 16.3. The van der Waals surface area contributed by atoms with E-state index >= 15 is 0 Å². The second kappa shape index (κ2) is 4.10. The SMILES string of the molecule is N#Cc1cccc(Cn2c(O)cc(N)c2O)c1. The average Bonchev–Trinajstić information content (AvgIpc) is 2.56. The summed E-state index contributed by atoms with van der Waals surface area (Å²) in [4.78, 5) is 0. The molecule has 0 saturated heterocycles. The van der Waals surface area contributed by atoms with Crippen molar-refractivity contribution in [2.75, 3.05) is 5.73 Å². The maximum atomic E-state index is 9.62. The highest BCUT2D eigenvalue weighted by Crippen LogP contribution is 2.30. The zero-order valence-corrected chi connectivity index (χ0v) is 8.96. The fraction of sp³-hybridized carbons (Fsp3) is 0.0833. The third-order valence-corrected chi connectivity index (χ3v) is 2.47. The van der Waals surface area contributed by atoms with E-state index in [1.807, 2.05) is 6.07 Å². The van der Waals surface area contributed by atoms with Crippen molar-refractivity contribution in [1.82, 2.24) is 4.57 Å². The van der Waals surface area contributed by atoms with E-state index in [0.717, 1.165) is 5.56 Å². The molecule has 4 N–H and O–H groups in total. The Kier molecular flexibility index (Phi) is 2.63. The van der Waals surface area contributed by atoms with Gasteiger partial charge >= 0.3 is 0 Å². The largest absolute Gasteiger partial charge is 0.494 e. The molecule has 1 aromatic carbocycles. The van der Waals surface area contributed by atoms with Crippen LogP contribution in [0.2, 0.25) is 0 Å². The van der Waals surface area contributed by atoms with Crippen molar-refractivity contribution in [1.29, 1.82) is 5.26 Å². The standard InChI is InChI=1S/C12H11N3O2/c13-6-8-2-1-3-9(4-8)7-15-11(16)5-10(14)12(15)17/h1-5,16-17H,7,14H2. The Bertz CT molecular complexity index is 596. The molecule has 0 radical (unpaired) electrons. The molecule has 0 amide bonds. The van der Waals surface area contributed by atoms with Crippen LogP contribution in [-0.2, 0) is 6.54 Å². The third kappa shape index (κ3) is 2.01. The van der Waals surface area contributed by atoms with E-state index < -0.39 is 0 Å². The molecule has 0 atom stereocenters. The van der Waals surface area contributed by atoms with Crippen LogP contribution in [0.3, 0.4) is 0 Å². The first kappa shape index (κ1) is 10.9. The molecular weight excluding hydrogens is 218 g/mol. The van der Waals surface area contributed by atoms with Gasteiger partial charge in [0.25, 0.3) is 0 Å². The molecule has 0 fully saturated rings. The van der Waals surface area contributed by atoms with Crippen LogP contribution < -0.4 is 5.73 Å². The topological polar surface area (TPSA) is 95.2 Å². The highest BCUT2D eigenvalue weighted by Gasteiger charge is 2.11. The normalized spacial score (nSPS) is 10.1. The lowest BCUT2D eigenvalue weighted by molar-refractivity contribution is 0.378. The molecule has 5 nitrogen and oxygen atoms in total. The van der Waals surface area contributed by atoms with Crippen molar-refractivity contribution < 1.29 is 10.2 Å². The summed E-state index contributed by atoms with van der Waals surface area (Å²) in [5.41, 5.74) is 6.92. The Morgan fingerprint density at radius 1 is 1.29 bits per heavy atom. The Labute approximate surface area is 98.0 Å². The van der Waals surface area contributed by atoms with Crippen LogP contribution in [0.15, 0.2) is 30.3 Å². The van der Waals surface area contributed by atoms with Gasteiger partial charge in [-0.25, -0.2) is 0 Å². The molecule has 0 spiro atoms. The van der Waals surface area contributed by atoms with E-state index in [9.17, 15) is 10.2 Å². The lowest BCUT2D eigenvalue weighted by Gasteiger charge is -2.07. The molecule has 86 valence electrons. The lowest BCUT2D eigenvalue weighted by atomic mass is 10.1. The Morgan fingerprint density at radius 2 is 2.06 bits per heavy atom. The molecule has 2 aromatic rings. The molecular formula is C12H11N3O2. The minimum atomic E-state index is -0.176. The lowest BCUT2D eigenvalue weighted by Crippen LogP contribution is -1.99. The third-order valence-electron chi connectivity index (χ3n) is 2.47. The number of aromatic hydroxyl groups is 2. The highest BCUT2D eigenvalue weighted by molar-refractivity contribution is 5.53. The average molecular weight is 229 g/mol. The first-order valence-corrected chi connectivity index (χ1v) is 4.98. The number of aromatic nitrogens is 1. The van der Waals surface area contributed by atoms with E-state index in [0.29, 0.717) is 5.56 Å². The summed E-state index contributed by atoms with van der Waals surface area (Å²) in [6, 6.07) is 10.2. The number of hydrogen-bond donors (Lipinski definition) is 3. The van der Waals surface area contributed by atoms with Gasteiger partial charge < -0.3 is 15.9 Å². The number of nitrogens with zero attached hydrogens (tertiary/aromatic N) is 2. The number of rotatable bonds is 2. The van der Waals surface area contributed by atoms with Crippen LogP contribution in [0.5, 0.6) is 11.8 Å². The summed E-state index contributed by atoms with van der Waals surface area (Å²) in [5.74, 6) is -0.285. The molecule has 0 aliphatic heterocycles. The second-order valence-corrected chi connectivity index (χ2v) is 3.68. The molecule has 0 aliphatic carbocycles. The summed E-state index contributed by atoms with van der Waals surface area (Å²) in [7, 11) is 0. The van der Waals surface area contributed by atoms with Crippen molar-refractivity contribution >= 4 is 5.69 Å². The summed E-state index contributed by atoms with van der Waals surface area (Å²) in [6.45, 7) is 0.254. The predicted octanol–water partition coefficient (Wildman–Crippen LogP) is 1.40. The van der Waals surface area contributed by atoms with Crippen LogP contribution in [-0.4, -0.2) is 14.8 Å². The molecule has 0 bridgehead atoms. The van der Waals surface area contributed by atoms with E-state index in [1.165, 1.54) is 10.6 Å². The van der Waals surface area contributed by atoms with Gasteiger partial charge in [0.05, 0.1) is 23.9 Å². The van der Waals surface area contributed by atoms with Gasteiger partial charge in [-0.05, 0) is 17.7 Å². The molecule has 1 aromatic heterocycles. The van der Waals surface area contributed by atoms with E-state index in [-0.39, 0.29) is 24.0 Å². The number of anilines is 1. The summed E-state index contributed by atoms with van der Waals surface area (Å²) < 4.78 is 1.27. The van der Waals surface area contributed by atoms with E-state index in [2.05, 4.69) is 0 Å². The van der Waals surface area contributed by atoms with Crippen molar-refractivity contribution in [2.24, 2.45) is 0 Å². The van der Waals surface area contributed by atoms with Gasteiger partial charge in [0, 0.05) is 6.07 Å². The maximum absolute atomic E-state index is 9.62. The molecule has 17 heavy (non-hydrogen) atoms. The first-order chi connectivity index (χ1) is 8.11. The summed E-state index contributed by atoms with van der Waals surface area (Å²) in [6.07, 6.45) is 0. The van der Waals surface area contributed by atoms with Crippen LogP contribution in [0, 0.1) is 11.3 Å². The quantitative estimate of drug-likeness (QED) is 0.725. The minimum Gasteiger partial charge on any atom is -0.494 e. The Hall–Kier alpha value is -2.61. The van der Waals surface area contributed by atoms with Crippen LogP contribution >= 0.6 is 0 Å². The second-order valence-electron chi connectivity index (χ2n) is 3.68. The monoisotopic (exact) mass is 229 g/mol. The van der Waals surface area contributed by atoms with Crippen molar-refractivity contribution in [3.05, 3.63) is 41.5 Å². The fourth-order valence-corrected chi connectivity index (χ4v) is 1.62. The van der Waals surface area contributed by atoms with Crippen LogP contribution in [0.25, 0.3) is 0 Å². The van der Waals surface area contributed by atoms with Gasteiger partial charge in [-0.2, -0.15) is 5.26 Å². The van der Waals surface area contributed by atoms with Gasteiger partial charge in [0.15, 0.2) is 5.88 Å². The fourth-order valence-electron chi connectivity index (χ4n) is 1.62.